The summed E-state index contributed by atoms with van der Waals surface area (Å²) in [6, 6.07) is 7.20. The highest BCUT2D eigenvalue weighted by atomic mass is 19.1. The maximum Gasteiger partial charge on any atom is 0.273 e. The van der Waals surface area contributed by atoms with Crippen LogP contribution in [0.2, 0.25) is 0 Å². The van der Waals surface area contributed by atoms with E-state index in [1.165, 1.54) is 37.6 Å². The summed E-state index contributed by atoms with van der Waals surface area (Å²) >= 11 is 0. The number of allylic oxidation sites excluding steroid dienone is 2. The smallest absolute Gasteiger partial charge is 0.273 e. The molecule has 36 heavy (non-hydrogen) atoms. The number of carbonyl (C=O) groups is 1. The molecule has 0 atom stereocenters. The third-order valence-corrected chi connectivity index (χ3v) is 6.55. The third kappa shape index (κ3) is 5.12. The number of aromatic nitrogens is 1. The molecule has 1 aliphatic heterocycles. The molecular formula is C26H30FN5O4. The van der Waals surface area contributed by atoms with Crippen molar-refractivity contribution in [2.45, 2.75) is 25.3 Å². The molecule has 2 heterocycles. The molecule has 1 aromatic heterocycles. The number of carbonyl (C=O) groups excluding carboxylic acids is 1. The second kappa shape index (κ2) is 10.3. The topological polar surface area (TPSA) is 103 Å². The lowest BCUT2D eigenvalue weighted by Gasteiger charge is -2.43. The zero-order valence-electron chi connectivity index (χ0n) is 20.7. The Hall–Kier alpha value is -4.08. The Morgan fingerprint density at radius 2 is 1.94 bits per heavy atom. The molecule has 0 bridgehead atoms. The number of hydrogen-bond acceptors (Lipinski definition) is 8. The van der Waals surface area contributed by atoms with E-state index in [-0.39, 0.29) is 28.8 Å². The molecule has 2 aliphatic rings. The van der Waals surface area contributed by atoms with Crippen LogP contribution >= 0.6 is 0 Å². The standard InChI is InChI=1S/C26H30FN5O4/c1-17(21(34-3)14-24(28)29-2)31-11-12-32(26(16-31)9-10-26)25(33)20-13-22(35-4)23(15-30-20)36-19-7-5-18(27)6-8-19/h5-8,13-15H,2,9-12,16,28H2,1,3-4H3/b21-17-,24-14-. The Morgan fingerprint density at radius 1 is 1.22 bits per heavy atom. The van der Waals surface area contributed by atoms with Crippen LogP contribution in [0, 0.1) is 5.82 Å². The first kappa shape index (κ1) is 25.0. The fourth-order valence-electron chi connectivity index (χ4n) is 4.35. The molecule has 1 spiro atoms. The Morgan fingerprint density at radius 3 is 2.56 bits per heavy atom. The molecule has 190 valence electrons. The van der Waals surface area contributed by atoms with Crippen LogP contribution in [0.5, 0.6) is 17.2 Å². The molecule has 2 fully saturated rings. The number of rotatable bonds is 8. The molecule has 2 N–H and O–H groups in total. The van der Waals surface area contributed by atoms with Crippen molar-refractivity contribution in [1.29, 1.82) is 0 Å². The fraction of sp³-hybridized carbons (Fsp3) is 0.346. The molecule has 1 amide bonds. The van der Waals surface area contributed by atoms with Gasteiger partial charge in [0.25, 0.3) is 5.91 Å². The highest BCUT2D eigenvalue weighted by Crippen LogP contribution is 2.46. The number of methoxy groups -OCH3 is 2. The number of halogens is 1. The van der Waals surface area contributed by atoms with Crippen LogP contribution in [0.25, 0.3) is 0 Å². The van der Waals surface area contributed by atoms with E-state index in [0.29, 0.717) is 42.6 Å². The lowest BCUT2D eigenvalue weighted by molar-refractivity contribution is 0.0439. The van der Waals surface area contributed by atoms with Crippen molar-refractivity contribution in [2.24, 2.45) is 10.7 Å². The van der Waals surface area contributed by atoms with Gasteiger partial charge in [0.2, 0.25) is 0 Å². The number of nitrogens with two attached hydrogens (primary N) is 1. The zero-order valence-corrected chi connectivity index (χ0v) is 20.7. The van der Waals surface area contributed by atoms with Gasteiger partial charge in [-0.25, -0.2) is 14.4 Å². The molecule has 1 saturated heterocycles. The van der Waals surface area contributed by atoms with E-state index in [2.05, 4.69) is 21.6 Å². The summed E-state index contributed by atoms with van der Waals surface area (Å²) in [6.45, 7) is 7.24. The molecule has 1 aliphatic carbocycles. The first-order chi connectivity index (χ1) is 17.3. The van der Waals surface area contributed by atoms with Crippen LogP contribution in [-0.2, 0) is 4.74 Å². The van der Waals surface area contributed by atoms with Crippen molar-refractivity contribution in [1.82, 2.24) is 14.8 Å². The van der Waals surface area contributed by atoms with Gasteiger partial charge in [-0.3, -0.25) is 4.79 Å². The molecule has 9 nitrogen and oxygen atoms in total. The lowest BCUT2D eigenvalue weighted by Crippen LogP contribution is -2.56. The first-order valence-corrected chi connectivity index (χ1v) is 11.5. The summed E-state index contributed by atoms with van der Waals surface area (Å²) in [5, 5.41) is 0. The van der Waals surface area contributed by atoms with Gasteiger partial charge >= 0.3 is 0 Å². The van der Waals surface area contributed by atoms with Gasteiger partial charge in [0.15, 0.2) is 11.5 Å². The van der Waals surface area contributed by atoms with Gasteiger partial charge in [0.05, 0.1) is 31.7 Å². The van der Waals surface area contributed by atoms with Crippen molar-refractivity contribution >= 4 is 12.6 Å². The molecule has 0 radical (unpaired) electrons. The number of nitrogens with zero attached hydrogens (tertiary/aromatic N) is 4. The van der Waals surface area contributed by atoms with Gasteiger partial charge in [0.1, 0.15) is 28.8 Å². The molecule has 1 saturated carbocycles. The minimum absolute atomic E-state index is 0.160. The van der Waals surface area contributed by atoms with Crippen LogP contribution in [0.15, 0.2) is 64.9 Å². The predicted octanol–water partition coefficient (Wildman–Crippen LogP) is 3.69. The number of ether oxygens (including phenoxy) is 3. The molecule has 1 aromatic carbocycles. The molecule has 10 heteroatoms. The Bertz CT molecular complexity index is 1210. The third-order valence-electron chi connectivity index (χ3n) is 6.55. The number of amides is 1. The van der Waals surface area contributed by atoms with E-state index < -0.39 is 0 Å². The van der Waals surface area contributed by atoms with E-state index in [1.807, 2.05) is 11.8 Å². The van der Waals surface area contributed by atoms with Crippen LogP contribution in [0.3, 0.4) is 0 Å². The number of piperazine rings is 1. The van der Waals surface area contributed by atoms with Crippen LogP contribution in [0.1, 0.15) is 30.3 Å². The SMILES string of the molecule is C=N/C(N)=C\C(OC)=C(/C)N1CCN(C(=O)c2cc(OC)c(Oc3ccc(F)cc3)cn2)C2(CC2)C1. The summed E-state index contributed by atoms with van der Waals surface area (Å²) < 4.78 is 29.9. The van der Waals surface area contributed by atoms with Gasteiger partial charge in [-0.2, -0.15) is 0 Å². The van der Waals surface area contributed by atoms with Gasteiger partial charge in [0, 0.05) is 31.8 Å². The van der Waals surface area contributed by atoms with Crippen LogP contribution in [0.4, 0.5) is 4.39 Å². The van der Waals surface area contributed by atoms with E-state index in [0.717, 1.165) is 18.5 Å². The van der Waals surface area contributed by atoms with Gasteiger partial charge in [-0.1, -0.05) is 0 Å². The van der Waals surface area contributed by atoms with Crippen molar-refractivity contribution in [3.63, 3.8) is 0 Å². The highest BCUT2D eigenvalue weighted by Gasteiger charge is 2.53. The van der Waals surface area contributed by atoms with E-state index in [9.17, 15) is 9.18 Å². The fourth-order valence-corrected chi connectivity index (χ4v) is 4.35. The van der Waals surface area contributed by atoms with Crippen molar-refractivity contribution < 1.29 is 23.4 Å². The van der Waals surface area contributed by atoms with Crippen LogP contribution in [-0.4, -0.2) is 66.8 Å². The van der Waals surface area contributed by atoms with E-state index >= 15 is 0 Å². The summed E-state index contributed by atoms with van der Waals surface area (Å²) in [7, 11) is 3.08. The largest absolute Gasteiger partial charge is 0.495 e. The minimum atomic E-state index is -0.360. The molecule has 4 rings (SSSR count). The molecule has 0 unspecified atom stereocenters. The Labute approximate surface area is 209 Å². The lowest BCUT2D eigenvalue weighted by atomic mass is 10.1. The number of aliphatic imine (C=N–C) groups is 1. The summed E-state index contributed by atoms with van der Waals surface area (Å²) in [5.41, 5.74) is 6.73. The molecular weight excluding hydrogens is 465 g/mol. The first-order valence-electron chi connectivity index (χ1n) is 11.5. The maximum absolute atomic E-state index is 13.5. The second-order valence-corrected chi connectivity index (χ2v) is 8.76. The number of pyridine rings is 1. The Balaban J connectivity index is 1.51. The minimum Gasteiger partial charge on any atom is -0.495 e. The van der Waals surface area contributed by atoms with Crippen molar-refractivity contribution in [3.05, 3.63) is 71.4 Å². The quantitative estimate of drug-likeness (QED) is 0.339. The summed E-state index contributed by atoms with van der Waals surface area (Å²) in [4.78, 5) is 25.7. The van der Waals surface area contributed by atoms with Gasteiger partial charge < -0.3 is 29.7 Å². The molecule has 2 aromatic rings. The van der Waals surface area contributed by atoms with Crippen molar-refractivity contribution in [3.8, 4) is 17.2 Å². The average Bonchev–Trinajstić information content (AvgIpc) is 3.66. The van der Waals surface area contributed by atoms with Crippen molar-refractivity contribution in [2.75, 3.05) is 33.9 Å². The zero-order chi connectivity index (χ0) is 25.9. The van der Waals surface area contributed by atoms with Gasteiger partial charge in [-0.05, 0) is 50.7 Å². The number of hydrogen-bond donors (Lipinski definition) is 1. The highest BCUT2D eigenvalue weighted by molar-refractivity contribution is 5.94. The maximum atomic E-state index is 13.5. The predicted molar refractivity (Wildman–Crippen MR) is 133 cm³/mol. The number of benzene rings is 1. The normalized spacial score (nSPS) is 17.4. The average molecular weight is 496 g/mol. The van der Waals surface area contributed by atoms with E-state index in [1.54, 1.807) is 19.3 Å². The Kier molecular flexibility index (Phi) is 7.14. The monoisotopic (exact) mass is 495 g/mol. The van der Waals surface area contributed by atoms with Gasteiger partial charge in [-0.15, -0.1) is 0 Å². The van der Waals surface area contributed by atoms with Crippen LogP contribution < -0.4 is 15.2 Å². The van der Waals surface area contributed by atoms with E-state index in [4.69, 9.17) is 19.9 Å². The summed E-state index contributed by atoms with van der Waals surface area (Å²) in [5.74, 6) is 1.49. The summed E-state index contributed by atoms with van der Waals surface area (Å²) in [6.07, 6.45) is 4.90. The second-order valence-electron chi connectivity index (χ2n) is 8.76.